The van der Waals surface area contributed by atoms with E-state index < -0.39 is 0 Å². The lowest BCUT2D eigenvalue weighted by Gasteiger charge is -2.14. The van der Waals surface area contributed by atoms with Gasteiger partial charge < -0.3 is 10.6 Å². The molecule has 0 aromatic carbocycles. The van der Waals surface area contributed by atoms with Gasteiger partial charge in [-0.2, -0.15) is 0 Å². The first-order valence-electron chi connectivity index (χ1n) is 5.17. The predicted molar refractivity (Wildman–Crippen MR) is 64.3 cm³/mol. The van der Waals surface area contributed by atoms with Crippen LogP contribution in [0.1, 0.15) is 20.9 Å². The van der Waals surface area contributed by atoms with E-state index >= 15 is 0 Å². The normalized spacial score (nSPS) is 13.8. The predicted octanol–water partition coefficient (Wildman–Crippen LogP) is 1.28. The number of rotatable bonds is 1. The fourth-order valence-corrected chi connectivity index (χ4v) is 2.74. The minimum Gasteiger partial charge on any atom is -0.375 e. The largest absolute Gasteiger partial charge is 0.375 e. The van der Waals surface area contributed by atoms with Crippen LogP contribution in [-0.4, -0.2) is 20.8 Å². The highest BCUT2D eigenvalue weighted by atomic mass is 32.1. The number of carbonyl (C=O) groups is 1. The molecule has 0 bridgehead atoms. The summed E-state index contributed by atoms with van der Waals surface area (Å²) in [5.74, 6) is 0.0103. The van der Waals surface area contributed by atoms with E-state index in [-0.39, 0.29) is 5.91 Å². The first-order chi connectivity index (χ1) is 8.24. The Labute approximate surface area is 102 Å². The lowest BCUT2D eigenvalue weighted by molar-refractivity contribution is 0.0751. The number of fused-ring (bicyclic) bond motifs is 1. The molecule has 0 fully saturated rings. The highest BCUT2D eigenvalue weighted by Crippen LogP contribution is 2.30. The SMILES string of the molecule is Nc1nc2c(s1)CN(C(=O)c1ccncc1)C2. The summed E-state index contributed by atoms with van der Waals surface area (Å²) in [7, 11) is 0. The Balaban J connectivity index is 1.81. The van der Waals surface area contributed by atoms with Gasteiger partial charge in [0.15, 0.2) is 5.13 Å². The maximum absolute atomic E-state index is 12.1. The van der Waals surface area contributed by atoms with Crippen LogP contribution >= 0.6 is 11.3 Å². The molecule has 0 spiro atoms. The molecule has 0 aliphatic carbocycles. The average molecular weight is 246 g/mol. The second-order valence-corrected chi connectivity index (χ2v) is 4.93. The van der Waals surface area contributed by atoms with Crippen LogP contribution in [0.15, 0.2) is 24.5 Å². The molecular formula is C11H10N4OS. The quantitative estimate of drug-likeness (QED) is 0.822. The summed E-state index contributed by atoms with van der Waals surface area (Å²) in [5, 5.41) is 0.575. The minimum absolute atomic E-state index is 0.0103. The Morgan fingerprint density at radius 2 is 2.12 bits per heavy atom. The number of hydrogen-bond donors (Lipinski definition) is 1. The molecule has 3 heterocycles. The van der Waals surface area contributed by atoms with Crippen LogP contribution in [0, 0.1) is 0 Å². The van der Waals surface area contributed by atoms with E-state index in [1.807, 2.05) is 0 Å². The molecule has 3 rings (SSSR count). The molecule has 0 saturated carbocycles. The standard InChI is InChI=1S/C11H10N4OS/c12-11-14-8-5-15(6-9(8)17-11)10(16)7-1-3-13-4-2-7/h1-4H,5-6H2,(H2,12,14). The summed E-state index contributed by atoms with van der Waals surface area (Å²) >= 11 is 1.45. The second-order valence-electron chi connectivity index (χ2n) is 3.82. The van der Waals surface area contributed by atoms with Crippen molar-refractivity contribution in [2.24, 2.45) is 0 Å². The topological polar surface area (TPSA) is 72.1 Å². The van der Waals surface area contributed by atoms with Crippen molar-refractivity contribution in [3.8, 4) is 0 Å². The van der Waals surface area contributed by atoms with Gasteiger partial charge in [-0.3, -0.25) is 9.78 Å². The van der Waals surface area contributed by atoms with Crippen molar-refractivity contribution in [3.05, 3.63) is 40.7 Å². The second kappa shape index (κ2) is 3.81. The van der Waals surface area contributed by atoms with E-state index in [0.717, 1.165) is 10.6 Å². The number of carbonyl (C=O) groups excluding carboxylic acids is 1. The summed E-state index contributed by atoms with van der Waals surface area (Å²) in [6, 6.07) is 3.44. The fourth-order valence-electron chi connectivity index (χ4n) is 1.88. The maximum Gasteiger partial charge on any atom is 0.254 e. The van der Waals surface area contributed by atoms with Gasteiger partial charge in [0.1, 0.15) is 0 Å². The van der Waals surface area contributed by atoms with Crippen molar-refractivity contribution in [2.75, 3.05) is 5.73 Å². The summed E-state index contributed by atoms with van der Waals surface area (Å²) in [6.45, 7) is 1.15. The monoisotopic (exact) mass is 246 g/mol. The van der Waals surface area contributed by atoms with Crippen LogP contribution in [0.3, 0.4) is 0 Å². The van der Waals surface area contributed by atoms with Crippen LogP contribution in [0.2, 0.25) is 0 Å². The van der Waals surface area contributed by atoms with Crippen LogP contribution in [0.25, 0.3) is 0 Å². The molecule has 2 N–H and O–H groups in total. The Morgan fingerprint density at radius 1 is 1.35 bits per heavy atom. The zero-order valence-corrected chi connectivity index (χ0v) is 9.78. The average Bonchev–Trinajstić information content (AvgIpc) is 2.86. The van der Waals surface area contributed by atoms with Gasteiger partial charge in [0, 0.05) is 18.0 Å². The molecule has 0 radical (unpaired) electrons. The number of pyridine rings is 1. The molecule has 2 aromatic rings. The molecule has 1 aliphatic rings. The van der Waals surface area contributed by atoms with Crippen LogP contribution in [-0.2, 0) is 13.1 Å². The molecule has 0 atom stereocenters. The zero-order valence-electron chi connectivity index (χ0n) is 8.96. The fraction of sp³-hybridized carbons (Fsp3) is 0.182. The molecule has 1 aliphatic heterocycles. The minimum atomic E-state index is 0.0103. The Bertz CT molecular complexity index is 543. The molecule has 6 heteroatoms. The number of amides is 1. The number of aromatic nitrogens is 2. The molecular weight excluding hydrogens is 236 g/mol. The number of nitrogen functional groups attached to an aromatic ring is 1. The zero-order chi connectivity index (χ0) is 11.8. The molecule has 86 valence electrons. The van der Waals surface area contributed by atoms with E-state index in [1.54, 1.807) is 29.4 Å². The molecule has 0 saturated heterocycles. The summed E-state index contributed by atoms with van der Waals surface area (Å²) in [6.07, 6.45) is 3.24. The maximum atomic E-state index is 12.1. The van der Waals surface area contributed by atoms with E-state index in [9.17, 15) is 4.79 Å². The third-order valence-corrected chi connectivity index (χ3v) is 3.60. The van der Waals surface area contributed by atoms with Crippen LogP contribution < -0.4 is 5.73 Å². The van der Waals surface area contributed by atoms with Crippen molar-refractivity contribution in [1.82, 2.24) is 14.9 Å². The number of nitrogens with two attached hydrogens (primary N) is 1. The van der Waals surface area contributed by atoms with Crippen molar-refractivity contribution in [2.45, 2.75) is 13.1 Å². The van der Waals surface area contributed by atoms with Gasteiger partial charge >= 0.3 is 0 Å². The first kappa shape index (κ1) is 10.2. The molecule has 5 nitrogen and oxygen atoms in total. The number of hydrogen-bond acceptors (Lipinski definition) is 5. The van der Waals surface area contributed by atoms with Gasteiger partial charge in [0.25, 0.3) is 5.91 Å². The van der Waals surface area contributed by atoms with Gasteiger partial charge in [-0.25, -0.2) is 4.98 Å². The van der Waals surface area contributed by atoms with Crippen LogP contribution in [0.5, 0.6) is 0 Å². The Kier molecular flexibility index (Phi) is 2.29. The first-order valence-corrected chi connectivity index (χ1v) is 5.99. The third-order valence-electron chi connectivity index (χ3n) is 2.68. The molecule has 0 unspecified atom stereocenters. The summed E-state index contributed by atoms with van der Waals surface area (Å²) < 4.78 is 0. The van der Waals surface area contributed by atoms with E-state index in [1.165, 1.54) is 11.3 Å². The number of nitrogens with zero attached hydrogens (tertiary/aromatic N) is 3. The smallest absolute Gasteiger partial charge is 0.254 e. The van der Waals surface area contributed by atoms with Crippen molar-refractivity contribution >= 4 is 22.4 Å². The highest BCUT2D eigenvalue weighted by Gasteiger charge is 2.27. The van der Waals surface area contributed by atoms with Gasteiger partial charge in [-0.05, 0) is 12.1 Å². The van der Waals surface area contributed by atoms with Gasteiger partial charge in [-0.15, -0.1) is 11.3 Å². The Morgan fingerprint density at radius 3 is 2.82 bits per heavy atom. The van der Waals surface area contributed by atoms with E-state index in [4.69, 9.17) is 5.73 Å². The van der Waals surface area contributed by atoms with Gasteiger partial charge in [0.2, 0.25) is 0 Å². The van der Waals surface area contributed by atoms with Crippen molar-refractivity contribution in [3.63, 3.8) is 0 Å². The molecule has 2 aromatic heterocycles. The highest BCUT2D eigenvalue weighted by molar-refractivity contribution is 7.15. The Hall–Kier alpha value is -1.95. The van der Waals surface area contributed by atoms with Gasteiger partial charge in [0.05, 0.1) is 23.7 Å². The molecule has 1 amide bonds. The summed E-state index contributed by atoms with van der Waals surface area (Å²) in [5.41, 5.74) is 7.20. The number of thiazole rings is 1. The van der Waals surface area contributed by atoms with E-state index in [2.05, 4.69) is 9.97 Å². The number of anilines is 1. The van der Waals surface area contributed by atoms with Gasteiger partial charge in [-0.1, -0.05) is 0 Å². The molecule has 17 heavy (non-hydrogen) atoms. The lowest BCUT2D eigenvalue weighted by atomic mass is 10.2. The third kappa shape index (κ3) is 1.76. The summed E-state index contributed by atoms with van der Waals surface area (Å²) in [4.78, 5) is 23.1. The van der Waals surface area contributed by atoms with E-state index in [0.29, 0.717) is 23.8 Å². The van der Waals surface area contributed by atoms with Crippen LogP contribution in [0.4, 0.5) is 5.13 Å². The van der Waals surface area contributed by atoms with Crippen molar-refractivity contribution < 1.29 is 4.79 Å². The lowest BCUT2D eigenvalue weighted by Crippen LogP contribution is -2.25. The van der Waals surface area contributed by atoms with Crippen molar-refractivity contribution in [1.29, 1.82) is 0 Å².